The standard InChI is InChI=1S/C25H20F2N6O2/c1-29-12-16-11-17(3-4-18(16)28)33-25(34)23(15-2-5-19-14(10-15)8-9-30-19)24-20(32-33)6-7-22(31-24)35-13-21(26)27/h2-12,21,30H,13,28H2,1H3. The summed E-state index contributed by atoms with van der Waals surface area (Å²) in [5.74, 6) is -0.0188. The molecule has 0 fully saturated rings. The molecule has 0 unspecified atom stereocenters. The highest BCUT2D eigenvalue weighted by Gasteiger charge is 2.18. The summed E-state index contributed by atoms with van der Waals surface area (Å²) in [5.41, 5.74) is 9.65. The van der Waals surface area contributed by atoms with Gasteiger partial charge in [-0.3, -0.25) is 9.79 Å². The molecule has 3 aromatic heterocycles. The summed E-state index contributed by atoms with van der Waals surface area (Å²) in [6, 6.07) is 15.5. The zero-order valence-electron chi connectivity index (χ0n) is 18.6. The van der Waals surface area contributed by atoms with Gasteiger partial charge in [0, 0.05) is 42.3 Å². The van der Waals surface area contributed by atoms with E-state index in [2.05, 4.69) is 20.1 Å². The third-order valence-electron chi connectivity index (χ3n) is 5.48. The van der Waals surface area contributed by atoms with Crippen molar-refractivity contribution in [3.63, 3.8) is 0 Å². The van der Waals surface area contributed by atoms with Crippen LogP contribution in [-0.4, -0.2) is 46.0 Å². The summed E-state index contributed by atoms with van der Waals surface area (Å²) in [7, 11) is 1.63. The van der Waals surface area contributed by atoms with Crippen molar-refractivity contribution in [2.75, 3.05) is 19.4 Å². The molecule has 0 radical (unpaired) electrons. The van der Waals surface area contributed by atoms with Crippen LogP contribution in [0.2, 0.25) is 0 Å². The second-order valence-electron chi connectivity index (χ2n) is 7.79. The first-order valence-electron chi connectivity index (χ1n) is 10.7. The van der Waals surface area contributed by atoms with Crippen LogP contribution < -0.4 is 16.0 Å². The second-order valence-corrected chi connectivity index (χ2v) is 7.79. The van der Waals surface area contributed by atoms with Crippen LogP contribution in [0.4, 0.5) is 14.5 Å². The molecule has 0 spiro atoms. The molecule has 35 heavy (non-hydrogen) atoms. The van der Waals surface area contributed by atoms with Crippen molar-refractivity contribution in [1.82, 2.24) is 19.7 Å². The summed E-state index contributed by atoms with van der Waals surface area (Å²) in [5, 5.41) is 5.40. The molecule has 0 saturated carbocycles. The van der Waals surface area contributed by atoms with Gasteiger partial charge in [0.15, 0.2) is 6.61 Å². The molecule has 176 valence electrons. The van der Waals surface area contributed by atoms with Gasteiger partial charge in [0.2, 0.25) is 5.88 Å². The highest BCUT2D eigenvalue weighted by molar-refractivity contribution is 5.94. The molecule has 0 aliphatic carbocycles. The minimum Gasteiger partial charge on any atom is -0.472 e. The first-order chi connectivity index (χ1) is 16.9. The highest BCUT2D eigenvalue weighted by Crippen LogP contribution is 2.28. The van der Waals surface area contributed by atoms with Gasteiger partial charge in [0.1, 0.15) is 11.0 Å². The van der Waals surface area contributed by atoms with Crippen molar-refractivity contribution in [2.45, 2.75) is 6.43 Å². The molecule has 0 saturated heterocycles. The number of pyridine rings is 1. The number of nitrogen functional groups attached to an aromatic ring is 1. The van der Waals surface area contributed by atoms with E-state index < -0.39 is 18.6 Å². The number of alkyl halides is 2. The number of benzene rings is 2. The number of nitrogens with zero attached hydrogens (tertiary/aromatic N) is 4. The number of hydrogen-bond acceptors (Lipinski definition) is 6. The normalized spacial score (nSPS) is 11.8. The number of anilines is 1. The Labute approximate surface area is 197 Å². The SMILES string of the molecule is CN=Cc1cc(-n2nc3ccc(OCC(F)F)nc3c(-c3ccc4[nH]ccc4c3)c2=O)ccc1N. The number of aromatic nitrogens is 4. The van der Waals surface area contributed by atoms with Gasteiger partial charge in [-0.2, -0.15) is 9.78 Å². The van der Waals surface area contributed by atoms with E-state index in [1.165, 1.54) is 10.7 Å². The molecule has 0 atom stereocenters. The Morgan fingerprint density at radius 3 is 2.83 bits per heavy atom. The van der Waals surface area contributed by atoms with Crippen LogP contribution in [0.5, 0.6) is 5.88 Å². The van der Waals surface area contributed by atoms with Crippen molar-refractivity contribution < 1.29 is 13.5 Å². The molecule has 0 bridgehead atoms. The Bertz CT molecular complexity index is 1640. The van der Waals surface area contributed by atoms with E-state index in [1.54, 1.807) is 49.8 Å². The van der Waals surface area contributed by atoms with Crippen LogP contribution in [0.15, 0.2) is 70.6 Å². The predicted molar refractivity (Wildman–Crippen MR) is 132 cm³/mol. The zero-order chi connectivity index (χ0) is 24.5. The molecule has 3 heterocycles. The number of aliphatic imine (C=N–C) groups is 1. The van der Waals surface area contributed by atoms with E-state index in [9.17, 15) is 13.6 Å². The lowest BCUT2D eigenvalue weighted by Gasteiger charge is -2.13. The van der Waals surface area contributed by atoms with Crippen molar-refractivity contribution in [3.05, 3.63) is 76.7 Å². The molecule has 0 amide bonds. The Morgan fingerprint density at radius 2 is 2.03 bits per heavy atom. The number of fused-ring (bicyclic) bond motifs is 2. The number of rotatable bonds is 6. The fourth-order valence-corrected chi connectivity index (χ4v) is 3.88. The summed E-state index contributed by atoms with van der Waals surface area (Å²) < 4.78 is 31.7. The molecule has 3 N–H and O–H groups in total. The number of aromatic amines is 1. The van der Waals surface area contributed by atoms with Crippen molar-refractivity contribution in [3.8, 4) is 22.7 Å². The highest BCUT2D eigenvalue weighted by atomic mass is 19.3. The Balaban J connectivity index is 1.77. The van der Waals surface area contributed by atoms with E-state index in [4.69, 9.17) is 10.5 Å². The predicted octanol–water partition coefficient (Wildman–Crippen LogP) is 4.20. The lowest BCUT2D eigenvalue weighted by atomic mass is 10.0. The average molecular weight is 474 g/mol. The molecular weight excluding hydrogens is 454 g/mol. The number of nitrogens with two attached hydrogens (primary N) is 1. The van der Waals surface area contributed by atoms with Crippen LogP contribution in [0.3, 0.4) is 0 Å². The van der Waals surface area contributed by atoms with Gasteiger partial charge in [-0.05, 0) is 53.4 Å². The van der Waals surface area contributed by atoms with Gasteiger partial charge < -0.3 is 15.5 Å². The van der Waals surface area contributed by atoms with E-state index in [-0.39, 0.29) is 17.0 Å². The molecule has 2 aromatic carbocycles. The first kappa shape index (κ1) is 22.2. The fourth-order valence-electron chi connectivity index (χ4n) is 3.88. The molecule has 5 aromatic rings. The van der Waals surface area contributed by atoms with Gasteiger partial charge in [-0.1, -0.05) is 6.07 Å². The fraction of sp³-hybridized carbons (Fsp3) is 0.120. The zero-order valence-corrected chi connectivity index (χ0v) is 18.6. The maximum absolute atomic E-state index is 13.8. The third kappa shape index (κ3) is 4.21. The van der Waals surface area contributed by atoms with Gasteiger partial charge in [0.05, 0.1) is 11.3 Å². The number of nitrogens with one attached hydrogen (secondary N) is 1. The Morgan fingerprint density at radius 1 is 1.17 bits per heavy atom. The summed E-state index contributed by atoms with van der Waals surface area (Å²) in [6.45, 7) is -0.805. The third-order valence-corrected chi connectivity index (χ3v) is 5.48. The topological polar surface area (TPSA) is 111 Å². The Kier molecular flexibility index (Phi) is 5.69. The van der Waals surface area contributed by atoms with Crippen LogP contribution in [0.25, 0.3) is 38.8 Å². The van der Waals surface area contributed by atoms with Crippen molar-refractivity contribution >= 4 is 33.8 Å². The molecule has 0 aliphatic rings. The van der Waals surface area contributed by atoms with Crippen molar-refractivity contribution in [1.29, 1.82) is 0 Å². The maximum atomic E-state index is 13.8. The first-order valence-corrected chi connectivity index (χ1v) is 10.7. The number of H-pyrrole nitrogens is 1. The molecule has 5 rings (SSSR count). The van der Waals surface area contributed by atoms with E-state index >= 15 is 0 Å². The summed E-state index contributed by atoms with van der Waals surface area (Å²) >= 11 is 0. The van der Waals surface area contributed by atoms with Gasteiger partial charge in [0.25, 0.3) is 12.0 Å². The molecular formula is C25H20F2N6O2. The van der Waals surface area contributed by atoms with Crippen molar-refractivity contribution in [2.24, 2.45) is 4.99 Å². The van der Waals surface area contributed by atoms with Gasteiger partial charge in [-0.15, -0.1) is 0 Å². The lowest BCUT2D eigenvalue weighted by Crippen LogP contribution is -2.24. The minimum atomic E-state index is -2.65. The average Bonchev–Trinajstić information content (AvgIpc) is 3.32. The van der Waals surface area contributed by atoms with Crippen LogP contribution in [-0.2, 0) is 0 Å². The monoisotopic (exact) mass is 474 g/mol. The smallest absolute Gasteiger partial charge is 0.281 e. The summed E-state index contributed by atoms with van der Waals surface area (Å²) in [4.78, 5) is 25.3. The largest absolute Gasteiger partial charge is 0.472 e. The van der Waals surface area contributed by atoms with E-state index in [0.717, 1.165) is 10.9 Å². The summed E-state index contributed by atoms with van der Waals surface area (Å²) in [6.07, 6.45) is 0.747. The van der Waals surface area contributed by atoms with Crippen LogP contribution >= 0.6 is 0 Å². The van der Waals surface area contributed by atoms with E-state index in [0.29, 0.717) is 28.0 Å². The Hall–Kier alpha value is -4.60. The lowest BCUT2D eigenvalue weighted by molar-refractivity contribution is 0.0798. The number of hydrogen-bond donors (Lipinski definition) is 2. The number of halogens is 2. The van der Waals surface area contributed by atoms with E-state index in [1.807, 2.05) is 18.2 Å². The van der Waals surface area contributed by atoms with Gasteiger partial charge in [-0.25, -0.2) is 13.8 Å². The quantitative estimate of drug-likeness (QED) is 0.283. The molecule has 8 nitrogen and oxygen atoms in total. The molecule has 10 heteroatoms. The van der Waals surface area contributed by atoms with Gasteiger partial charge >= 0.3 is 0 Å². The molecule has 0 aliphatic heterocycles. The van der Waals surface area contributed by atoms with Crippen LogP contribution in [0, 0.1) is 0 Å². The second kappa shape index (κ2) is 8.98. The maximum Gasteiger partial charge on any atom is 0.281 e. The number of ether oxygens (including phenoxy) is 1. The van der Waals surface area contributed by atoms with Crippen LogP contribution in [0.1, 0.15) is 5.56 Å². The minimum absolute atomic E-state index is 0.0188.